The maximum Gasteiger partial charge on any atom is 0.232 e. The second-order valence-corrected chi connectivity index (χ2v) is 7.21. The molecule has 0 saturated heterocycles. The summed E-state index contributed by atoms with van der Waals surface area (Å²) in [6, 6.07) is 19.1. The summed E-state index contributed by atoms with van der Waals surface area (Å²) in [7, 11) is 0. The molecule has 148 valence electrons. The first-order chi connectivity index (χ1) is 14.6. The molecule has 1 aromatic heterocycles. The van der Waals surface area contributed by atoms with Crippen molar-refractivity contribution in [3.8, 4) is 11.4 Å². The number of H-pyrrole nitrogens is 1. The van der Waals surface area contributed by atoms with Crippen molar-refractivity contribution < 1.29 is 14.0 Å². The van der Waals surface area contributed by atoms with Gasteiger partial charge < -0.3 is 15.6 Å². The van der Waals surface area contributed by atoms with Crippen LogP contribution in [0.25, 0.3) is 22.4 Å². The van der Waals surface area contributed by atoms with E-state index in [-0.39, 0.29) is 18.2 Å². The molecule has 3 aromatic carbocycles. The predicted octanol–water partition coefficient (Wildman–Crippen LogP) is 4.43. The van der Waals surface area contributed by atoms with E-state index in [0.29, 0.717) is 16.9 Å². The van der Waals surface area contributed by atoms with Gasteiger partial charge in [-0.25, -0.2) is 9.37 Å². The average Bonchev–Trinajstić information content (AvgIpc) is 3.17. The molecular formula is C23H17FN4O2. The molecule has 1 atom stereocenters. The molecule has 3 N–H and O–H groups in total. The summed E-state index contributed by atoms with van der Waals surface area (Å²) in [5, 5.41) is 5.47. The average molecular weight is 400 g/mol. The Hall–Kier alpha value is -4.00. The Morgan fingerprint density at radius 2 is 1.87 bits per heavy atom. The number of aromatic amines is 1. The van der Waals surface area contributed by atoms with Crippen LogP contribution in [0.15, 0.2) is 66.7 Å². The van der Waals surface area contributed by atoms with Gasteiger partial charge in [0.05, 0.1) is 17.0 Å². The summed E-state index contributed by atoms with van der Waals surface area (Å²) >= 11 is 0. The molecule has 2 amide bonds. The lowest BCUT2D eigenvalue weighted by atomic mass is 9.89. The molecule has 0 saturated carbocycles. The number of carbonyl (C=O) groups excluding carboxylic acids is 2. The minimum Gasteiger partial charge on any atom is -0.338 e. The number of hydrogen-bond acceptors (Lipinski definition) is 3. The lowest BCUT2D eigenvalue weighted by molar-refractivity contribution is -0.123. The number of rotatable bonds is 3. The van der Waals surface area contributed by atoms with E-state index in [1.807, 2.05) is 36.4 Å². The van der Waals surface area contributed by atoms with Crippen LogP contribution in [-0.2, 0) is 9.59 Å². The van der Waals surface area contributed by atoms with Crippen LogP contribution in [0, 0.1) is 5.82 Å². The Kier molecular flexibility index (Phi) is 4.28. The number of para-hydroxylation sites is 2. The zero-order valence-electron chi connectivity index (χ0n) is 15.8. The van der Waals surface area contributed by atoms with Gasteiger partial charge in [0.1, 0.15) is 11.6 Å². The van der Waals surface area contributed by atoms with Crippen molar-refractivity contribution in [2.45, 2.75) is 12.3 Å². The molecule has 1 aliphatic rings. The molecule has 0 bridgehead atoms. The van der Waals surface area contributed by atoms with Crippen molar-refractivity contribution in [1.29, 1.82) is 0 Å². The highest BCUT2D eigenvalue weighted by atomic mass is 19.1. The van der Waals surface area contributed by atoms with Crippen LogP contribution < -0.4 is 10.6 Å². The van der Waals surface area contributed by atoms with Crippen LogP contribution in [0.2, 0.25) is 0 Å². The zero-order chi connectivity index (χ0) is 20.7. The highest BCUT2D eigenvalue weighted by Crippen LogP contribution is 2.33. The van der Waals surface area contributed by atoms with Gasteiger partial charge in [-0.15, -0.1) is 0 Å². The second kappa shape index (κ2) is 7.11. The van der Waals surface area contributed by atoms with Crippen LogP contribution in [-0.4, -0.2) is 21.8 Å². The summed E-state index contributed by atoms with van der Waals surface area (Å²) in [4.78, 5) is 32.6. The third-order valence-corrected chi connectivity index (χ3v) is 5.19. The molecule has 6 nitrogen and oxygen atoms in total. The zero-order valence-corrected chi connectivity index (χ0v) is 15.8. The lowest BCUT2D eigenvalue weighted by Crippen LogP contribution is -2.30. The van der Waals surface area contributed by atoms with Gasteiger partial charge in [-0.2, -0.15) is 0 Å². The molecule has 0 fully saturated rings. The molecule has 5 rings (SSSR count). The highest BCUT2D eigenvalue weighted by molar-refractivity contribution is 6.05. The van der Waals surface area contributed by atoms with Crippen molar-refractivity contribution in [2.24, 2.45) is 0 Å². The van der Waals surface area contributed by atoms with Crippen molar-refractivity contribution in [1.82, 2.24) is 9.97 Å². The van der Waals surface area contributed by atoms with E-state index in [2.05, 4.69) is 20.6 Å². The lowest BCUT2D eigenvalue weighted by Gasteiger charge is -2.24. The monoisotopic (exact) mass is 400 g/mol. The Labute approximate surface area is 171 Å². The minimum atomic E-state index is -0.676. The minimum absolute atomic E-state index is 0.0154. The number of amides is 2. The standard InChI is InChI=1S/C23H17FN4O2/c24-14-7-10-16-17(12-21(29)26-20(16)11-14)23(30)25-15-8-5-13(6-9-15)22-27-18-3-1-2-4-19(18)28-22/h1-11,17H,12H2,(H,25,30)(H,26,29)(H,27,28). The quantitative estimate of drug-likeness (QED) is 0.475. The second-order valence-electron chi connectivity index (χ2n) is 7.21. The fraction of sp³-hybridized carbons (Fsp3) is 0.0870. The van der Waals surface area contributed by atoms with Gasteiger partial charge in [0.25, 0.3) is 0 Å². The Bertz CT molecular complexity index is 1250. The summed E-state index contributed by atoms with van der Waals surface area (Å²) < 4.78 is 13.5. The van der Waals surface area contributed by atoms with Crippen LogP contribution in [0.5, 0.6) is 0 Å². The number of imidazole rings is 1. The number of benzene rings is 3. The number of hydrogen-bond donors (Lipinski definition) is 3. The van der Waals surface area contributed by atoms with E-state index < -0.39 is 11.7 Å². The molecule has 1 aliphatic heterocycles. The molecular weight excluding hydrogens is 383 g/mol. The van der Waals surface area contributed by atoms with Crippen molar-refractivity contribution in [3.63, 3.8) is 0 Å². The highest BCUT2D eigenvalue weighted by Gasteiger charge is 2.31. The van der Waals surface area contributed by atoms with Crippen molar-refractivity contribution in [3.05, 3.63) is 78.1 Å². The smallest absolute Gasteiger partial charge is 0.232 e. The van der Waals surface area contributed by atoms with Crippen LogP contribution >= 0.6 is 0 Å². The van der Waals surface area contributed by atoms with Gasteiger partial charge in [0.15, 0.2) is 0 Å². The number of carbonyl (C=O) groups is 2. The first-order valence-corrected chi connectivity index (χ1v) is 9.52. The normalized spacial score (nSPS) is 15.5. The van der Waals surface area contributed by atoms with Crippen molar-refractivity contribution >= 4 is 34.2 Å². The van der Waals surface area contributed by atoms with Crippen LogP contribution in [0.3, 0.4) is 0 Å². The molecule has 2 heterocycles. The van der Waals surface area contributed by atoms with E-state index >= 15 is 0 Å². The number of anilines is 2. The molecule has 0 radical (unpaired) electrons. The number of aromatic nitrogens is 2. The van der Waals surface area contributed by atoms with E-state index in [1.165, 1.54) is 12.1 Å². The van der Waals surface area contributed by atoms with Crippen molar-refractivity contribution in [2.75, 3.05) is 10.6 Å². The fourth-order valence-corrected chi connectivity index (χ4v) is 3.70. The summed E-state index contributed by atoms with van der Waals surface area (Å²) in [6.07, 6.45) is 0.0154. The van der Waals surface area contributed by atoms with Gasteiger partial charge >= 0.3 is 0 Å². The van der Waals surface area contributed by atoms with Crippen LogP contribution in [0.4, 0.5) is 15.8 Å². The molecule has 0 spiro atoms. The third kappa shape index (κ3) is 3.30. The maximum absolute atomic E-state index is 13.5. The molecule has 30 heavy (non-hydrogen) atoms. The largest absolute Gasteiger partial charge is 0.338 e. The summed E-state index contributed by atoms with van der Waals surface area (Å²) in [5.41, 5.74) is 4.28. The van der Waals surface area contributed by atoms with Crippen LogP contribution in [0.1, 0.15) is 17.9 Å². The molecule has 0 aliphatic carbocycles. The van der Waals surface area contributed by atoms with E-state index in [0.717, 1.165) is 22.4 Å². The van der Waals surface area contributed by atoms with Gasteiger partial charge in [0.2, 0.25) is 11.8 Å². The number of nitrogens with one attached hydrogen (secondary N) is 3. The number of nitrogens with zero attached hydrogens (tertiary/aromatic N) is 1. The van der Waals surface area contributed by atoms with E-state index in [4.69, 9.17) is 0 Å². The molecule has 4 aromatic rings. The first kappa shape index (κ1) is 18.1. The Balaban J connectivity index is 1.36. The SMILES string of the molecule is O=C1CC(C(=O)Nc2ccc(-c3nc4ccccc4[nH]3)cc2)c2ccc(F)cc2N1. The topological polar surface area (TPSA) is 86.9 Å². The Morgan fingerprint density at radius 1 is 1.07 bits per heavy atom. The number of fused-ring (bicyclic) bond motifs is 2. The van der Waals surface area contributed by atoms with Gasteiger partial charge in [-0.05, 0) is 54.1 Å². The first-order valence-electron chi connectivity index (χ1n) is 9.52. The summed E-state index contributed by atoms with van der Waals surface area (Å²) in [6.45, 7) is 0. The fourth-order valence-electron chi connectivity index (χ4n) is 3.70. The van der Waals surface area contributed by atoms with E-state index in [9.17, 15) is 14.0 Å². The van der Waals surface area contributed by atoms with Gasteiger partial charge in [-0.1, -0.05) is 18.2 Å². The van der Waals surface area contributed by atoms with Gasteiger partial charge in [-0.3, -0.25) is 9.59 Å². The summed E-state index contributed by atoms with van der Waals surface area (Å²) in [5.74, 6) is -1.02. The van der Waals surface area contributed by atoms with E-state index in [1.54, 1.807) is 18.2 Å². The maximum atomic E-state index is 13.5. The number of halogens is 1. The molecule has 1 unspecified atom stereocenters. The molecule has 7 heteroatoms. The predicted molar refractivity (Wildman–Crippen MR) is 113 cm³/mol. The Morgan fingerprint density at radius 3 is 2.67 bits per heavy atom. The third-order valence-electron chi connectivity index (χ3n) is 5.19. The van der Waals surface area contributed by atoms with Gasteiger partial charge in [0, 0.05) is 23.4 Å².